The van der Waals surface area contributed by atoms with Crippen LogP contribution in [0.5, 0.6) is 0 Å². The monoisotopic (exact) mass is 500 g/mol. The fourth-order valence-corrected chi connectivity index (χ4v) is 5.05. The molecule has 6 rings (SSSR count). The van der Waals surface area contributed by atoms with Crippen LogP contribution in [0.25, 0.3) is 22.2 Å². The van der Waals surface area contributed by atoms with Gasteiger partial charge in [0.1, 0.15) is 11.5 Å². The minimum absolute atomic E-state index is 0.161. The zero-order valence-electron chi connectivity index (χ0n) is 21.1. The van der Waals surface area contributed by atoms with E-state index in [1.165, 1.54) is 0 Å². The number of hydrogen-bond acceptors (Lipinski definition) is 9. The number of H-pyrrole nitrogens is 1. The van der Waals surface area contributed by atoms with Crippen molar-refractivity contribution in [3.8, 4) is 11.3 Å². The van der Waals surface area contributed by atoms with Gasteiger partial charge in [0.05, 0.1) is 29.8 Å². The normalized spacial score (nSPS) is 19.9. The van der Waals surface area contributed by atoms with Gasteiger partial charge in [-0.15, -0.1) is 0 Å². The Labute approximate surface area is 213 Å². The molecule has 0 aliphatic carbocycles. The summed E-state index contributed by atoms with van der Waals surface area (Å²) in [4.78, 5) is 22.0. The van der Waals surface area contributed by atoms with Gasteiger partial charge in [0.15, 0.2) is 0 Å². The van der Waals surface area contributed by atoms with E-state index in [0.717, 1.165) is 46.8 Å². The molecule has 5 heterocycles. The Kier molecular flexibility index (Phi) is 5.60. The minimum atomic E-state index is -0.299. The quantitative estimate of drug-likeness (QED) is 0.434. The van der Waals surface area contributed by atoms with E-state index >= 15 is 0 Å². The molecule has 4 aromatic rings. The molecule has 190 valence electrons. The number of fused-ring (bicyclic) bond motifs is 2. The highest BCUT2D eigenvalue weighted by Crippen LogP contribution is 2.34. The summed E-state index contributed by atoms with van der Waals surface area (Å²) < 4.78 is 7.32. The molecule has 0 spiro atoms. The zero-order chi connectivity index (χ0) is 25.7. The number of carbonyl (C=O) groups excluding carboxylic acids is 1. The lowest BCUT2D eigenvalue weighted by molar-refractivity contribution is -0.113. The van der Waals surface area contributed by atoms with Crippen molar-refractivity contribution in [3.63, 3.8) is 0 Å². The summed E-state index contributed by atoms with van der Waals surface area (Å²) in [6.07, 6.45) is 1.97. The number of aromatic amines is 1. The molecule has 3 aromatic heterocycles. The fraction of sp³-hybridized carbons (Fsp3) is 0.360. The molecule has 0 radical (unpaired) electrons. The van der Waals surface area contributed by atoms with Gasteiger partial charge < -0.3 is 19.9 Å². The summed E-state index contributed by atoms with van der Waals surface area (Å²) in [5, 5.41) is 23.5. The second kappa shape index (κ2) is 8.96. The number of hydrogen-bond donors (Lipinski definition) is 2. The summed E-state index contributed by atoms with van der Waals surface area (Å²) in [5.41, 5.74) is 4.72. The van der Waals surface area contributed by atoms with Crippen LogP contribution in [0.1, 0.15) is 26.8 Å². The lowest BCUT2D eigenvalue weighted by Crippen LogP contribution is -2.41. The van der Waals surface area contributed by atoms with Crippen LogP contribution in [0.3, 0.4) is 0 Å². The highest BCUT2D eigenvalue weighted by Gasteiger charge is 2.32. The molecule has 1 fully saturated rings. The molecule has 2 atom stereocenters. The van der Waals surface area contributed by atoms with E-state index in [1.807, 2.05) is 50.1 Å². The second-order valence-electron chi connectivity index (χ2n) is 9.47. The van der Waals surface area contributed by atoms with E-state index < -0.39 is 0 Å². The van der Waals surface area contributed by atoms with Gasteiger partial charge >= 0.3 is 0 Å². The maximum Gasteiger partial charge on any atom is 0.255 e. The third kappa shape index (κ3) is 3.99. The number of tetrazole rings is 1. The number of ether oxygens (including phenoxy) is 1. The molecule has 1 saturated heterocycles. The summed E-state index contributed by atoms with van der Waals surface area (Å²) in [6.45, 7) is 8.16. The van der Waals surface area contributed by atoms with Gasteiger partial charge in [-0.25, -0.2) is 9.67 Å². The number of carbonyl (C=O) groups is 1. The number of allylic oxidation sites excluding steroid dienone is 1. The van der Waals surface area contributed by atoms with Crippen molar-refractivity contribution < 1.29 is 9.53 Å². The number of pyridine rings is 1. The maximum atomic E-state index is 13.4. The summed E-state index contributed by atoms with van der Waals surface area (Å²) in [7, 11) is 1.85. The Morgan fingerprint density at radius 1 is 1.22 bits per heavy atom. The molecular formula is C25H28N10O2. The summed E-state index contributed by atoms with van der Waals surface area (Å²) in [6, 6.07) is 9.43. The summed E-state index contributed by atoms with van der Waals surface area (Å²) in [5.74, 6) is 1.30. The zero-order valence-corrected chi connectivity index (χ0v) is 21.1. The van der Waals surface area contributed by atoms with Crippen molar-refractivity contribution >= 4 is 34.3 Å². The first-order valence-corrected chi connectivity index (χ1v) is 12.3. The van der Waals surface area contributed by atoms with Gasteiger partial charge in [0.25, 0.3) is 5.91 Å². The number of morpholine rings is 1. The molecule has 12 nitrogen and oxygen atoms in total. The third-order valence-corrected chi connectivity index (χ3v) is 7.10. The molecule has 2 aliphatic rings. The van der Waals surface area contributed by atoms with Crippen LogP contribution in [-0.2, 0) is 9.53 Å². The number of aromatic nitrogens is 7. The van der Waals surface area contributed by atoms with E-state index in [-0.39, 0.29) is 18.1 Å². The van der Waals surface area contributed by atoms with Gasteiger partial charge in [-0.1, -0.05) is 5.10 Å². The van der Waals surface area contributed by atoms with Crippen LogP contribution >= 0.6 is 0 Å². The van der Waals surface area contributed by atoms with Crippen LogP contribution in [0.4, 0.5) is 17.5 Å². The van der Waals surface area contributed by atoms with E-state index in [9.17, 15) is 4.79 Å². The second-order valence-corrected chi connectivity index (χ2v) is 9.47. The van der Waals surface area contributed by atoms with Crippen molar-refractivity contribution in [2.24, 2.45) is 0 Å². The SMILES string of the molecule is CC1=C(C(=O)Nc2ccc3[nH]nc(-c4ccnc(N5CCO[C@H](C)C5)c4)c3c2)[C@H](C)n2nnnc2N1C. The molecule has 2 aliphatic heterocycles. The number of rotatable bonds is 4. The van der Waals surface area contributed by atoms with Crippen molar-refractivity contribution in [1.29, 1.82) is 0 Å². The van der Waals surface area contributed by atoms with E-state index in [2.05, 4.69) is 53.9 Å². The summed E-state index contributed by atoms with van der Waals surface area (Å²) >= 11 is 0. The topological polar surface area (TPSA) is 130 Å². The molecular weight excluding hydrogens is 472 g/mol. The van der Waals surface area contributed by atoms with Crippen LogP contribution in [0.15, 0.2) is 47.8 Å². The molecule has 12 heteroatoms. The number of benzene rings is 1. The van der Waals surface area contributed by atoms with Crippen molar-refractivity contribution in [1.82, 2.24) is 35.4 Å². The number of nitrogens with one attached hydrogen (secondary N) is 2. The Bertz CT molecular complexity index is 1520. The van der Waals surface area contributed by atoms with Gasteiger partial charge in [0.2, 0.25) is 5.95 Å². The van der Waals surface area contributed by atoms with Crippen molar-refractivity contribution in [3.05, 3.63) is 47.8 Å². The molecule has 2 N–H and O–H groups in total. The first kappa shape index (κ1) is 23.1. The van der Waals surface area contributed by atoms with Crippen molar-refractivity contribution in [2.45, 2.75) is 32.9 Å². The first-order valence-electron chi connectivity index (χ1n) is 12.3. The lowest BCUT2D eigenvalue weighted by Gasteiger charge is -2.32. The smallest absolute Gasteiger partial charge is 0.255 e. The Morgan fingerprint density at radius 3 is 2.92 bits per heavy atom. The predicted octanol–water partition coefficient (Wildman–Crippen LogP) is 2.76. The van der Waals surface area contributed by atoms with Crippen molar-refractivity contribution in [2.75, 3.05) is 41.9 Å². The Morgan fingerprint density at radius 2 is 2.08 bits per heavy atom. The molecule has 37 heavy (non-hydrogen) atoms. The van der Waals surface area contributed by atoms with Gasteiger partial charge in [0, 0.05) is 48.7 Å². The molecule has 1 amide bonds. The largest absolute Gasteiger partial charge is 0.375 e. The van der Waals surface area contributed by atoms with E-state index in [0.29, 0.717) is 23.8 Å². The highest BCUT2D eigenvalue weighted by molar-refractivity contribution is 6.07. The van der Waals surface area contributed by atoms with Crippen LogP contribution in [-0.4, -0.2) is 74.1 Å². The number of nitrogens with zero attached hydrogens (tertiary/aromatic N) is 8. The third-order valence-electron chi connectivity index (χ3n) is 7.10. The molecule has 1 aromatic carbocycles. The average molecular weight is 501 g/mol. The van der Waals surface area contributed by atoms with Crippen LogP contribution in [0, 0.1) is 0 Å². The van der Waals surface area contributed by atoms with Gasteiger partial charge in [-0.05, 0) is 61.5 Å². The lowest BCUT2D eigenvalue weighted by atomic mass is 10.0. The number of amides is 1. The average Bonchev–Trinajstić information content (AvgIpc) is 3.55. The Hall–Kier alpha value is -4.32. The maximum absolute atomic E-state index is 13.4. The molecule has 0 bridgehead atoms. The highest BCUT2D eigenvalue weighted by atomic mass is 16.5. The predicted molar refractivity (Wildman–Crippen MR) is 139 cm³/mol. The molecule has 0 unspecified atom stereocenters. The minimum Gasteiger partial charge on any atom is -0.375 e. The van der Waals surface area contributed by atoms with Gasteiger partial charge in [-0.2, -0.15) is 5.10 Å². The van der Waals surface area contributed by atoms with E-state index in [1.54, 1.807) is 10.9 Å². The standard InChI is InChI=1S/C25H28N10O2/c1-14-13-34(9-10-37-14)21-11-17(7-8-26-21)23-19-12-18(5-6-20(19)28-29-23)27-24(36)22-15(2)33(4)25-30-31-32-35(25)16(22)3/h5-8,11-12,14,16H,9-10,13H2,1-4H3,(H,27,36)(H,28,29)/t14-,16+/m1/s1. The van der Waals surface area contributed by atoms with Gasteiger partial charge in [-0.3, -0.25) is 9.89 Å². The number of anilines is 3. The first-order chi connectivity index (χ1) is 17.9. The molecule has 0 saturated carbocycles. The van der Waals surface area contributed by atoms with Crippen LogP contribution in [0.2, 0.25) is 0 Å². The fourth-order valence-electron chi connectivity index (χ4n) is 5.05. The van der Waals surface area contributed by atoms with Crippen LogP contribution < -0.4 is 15.1 Å². The Balaban J connectivity index is 1.29. The van der Waals surface area contributed by atoms with E-state index in [4.69, 9.17) is 4.74 Å².